The lowest BCUT2D eigenvalue weighted by Gasteiger charge is -2.29. The number of hydrogen-bond acceptors (Lipinski definition) is 0. The van der Waals surface area contributed by atoms with Gasteiger partial charge in [0.2, 0.25) is 0 Å². The fourth-order valence-electron chi connectivity index (χ4n) is 3.38. The van der Waals surface area contributed by atoms with Crippen LogP contribution in [0.25, 0.3) is 0 Å². The topological polar surface area (TPSA) is 8.88 Å². The fraction of sp³-hybridized carbons (Fsp3) is 0.400. The van der Waals surface area contributed by atoms with E-state index in [9.17, 15) is 0 Å². The van der Waals surface area contributed by atoms with Crippen LogP contribution in [0.4, 0.5) is 0 Å². The highest BCUT2D eigenvalue weighted by molar-refractivity contribution is 9.10. The van der Waals surface area contributed by atoms with Crippen molar-refractivity contribution in [3.63, 3.8) is 0 Å². The molecule has 23 heavy (non-hydrogen) atoms. The van der Waals surface area contributed by atoms with Crippen molar-refractivity contribution in [2.75, 3.05) is 26.2 Å². The van der Waals surface area contributed by atoms with Gasteiger partial charge in [-0.15, -0.1) is 0 Å². The van der Waals surface area contributed by atoms with Crippen molar-refractivity contribution in [2.45, 2.75) is 26.4 Å². The Hall–Kier alpha value is -1.16. The minimum atomic E-state index is 1.13. The van der Waals surface area contributed by atoms with E-state index in [1.165, 1.54) is 53.9 Å². The monoisotopic (exact) mass is 374 g/mol. The van der Waals surface area contributed by atoms with Gasteiger partial charge in [-0.2, -0.15) is 0 Å². The molecule has 3 rings (SSSR count). The molecule has 2 aromatic carbocycles. The van der Waals surface area contributed by atoms with Gasteiger partial charge in [0.05, 0.1) is 0 Å². The molecule has 1 aliphatic rings. The molecule has 2 N–H and O–H groups in total. The van der Waals surface area contributed by atoms with E-state index in [1.807, 2.05) is 0 Å². The van der Waals surface area contributed by atoms with Gasteiger partial charge < -0.3 is 9.80 Å². The summed E-state index contributed by atoms with van der Waals surface area (Å²) in [5.74, 6) is 0. The van der Waals surface area contributed by atoms with Gasteiger partial charge in [-0.25, -0.2) is 0 Å². The van der Waals surface area contributed by atoms with E-state index in [0.29, 0.717) is 0 Å². The number of rotatable bonds is 5. The van der Waals surface area contributed by atoms with Crippen molar-refractivity contribution >= 4 is 15.9 Å². The Kier molecular flexibility index (Phi) is 5.87. The third-order valence-electron chi connectivity index (χ3n) is 4.92. The van der Waals surface area contributed by atoms with Gasteiger partial charge in [-0.05, 0) is 24.1 Å². The van der Waals surface area contributed by atoms with Gasteiger partial charge in [0.15, 0.2) is 0 Å². The van der Waals surface area contributed by atoms with Crippen LogP contribution in [0.5, 0.6) is 0 Å². The predicted octanol–water partition coefficient (Wildman–Crippen LogP) is 1.50. The molecule has 0 atom stereocenters. The molecule has 0 spiro atoms. The SMILES string of the molecule is CCc1ccc(C[NH+]2CC[NH+](Cc3ccc(Br)cc3)CC2)cc1. The van der Waals surface area contributed by atoms with Gasteiger partial charge in [0.1, 0.15) is 39.3 Å². The minimum Gasteiger partial charge on any atom is -0.322 e. The molecule has 0 saturated carbocycles. The molecule has 1 aliphatic heterocycles. The molecule has 0 amide bonds. The number of quaternary nitrogens is 2. The molecule has 1 heterocycles. The summed E-state index contributed by atoms with van der Waals surface area (Å²) in [4.78, 5) is 3.45. The van der Waals surface area contributed by atoms with E-state index in [1.54, 1.807) is 9.80 Å². The molecule has 0 bridgehead atoms. The number of benzene rings is 2. The zero-order valence-corrected chi connectivity index (χ0v) is 15.5. The summed E-state index contributed by atoms with van der Waals surface area (Å²) in [5, 5.41) is 0. The Balaban J connectivity index is 1.47. The molecule has 122 valence electrons. The van der Waals surface area contributed by atoms with Gasteiger partial charge in [0, 0.05) is 15.6 Å². The molecule has 2 nitrogen and oxygen atoms in total. The summed E-state index contributed by atoms with van der Waals surface area (Å²) in [6, 6.07) is 18.0. The number of aryl methyl sites for hydroxylation is 1. The van der Waals surface area contributed by atoms with Gasteiger partial charge in [0.25, 0.3) is 0 Å². The van der Waals surface area contributed by atoms with Crippen LogP contribution in [-0.4, -0.2) is 26.2 Å². The molecular weight excluding hydrogens is 348 g/mol. The first-order valence-corrected chi connectivity index (χ1v) is 9.51. The van der Waals surface area contributed by atoms with Crippen molar-refractivity contribution in [1.82, 2.24) is 0 Å². The molecule has 0 unspecified atom stereocenters. The second kappa shape index (κ2) is 8.09. The minimum absolute atomic E-state index is 1.13. The van der Waals surface area contributed by atoms with Crippen molar-refractivity contribution in [2.24, 2.45) is 0 Å². The summed E-state index contributed by atoms with van der Waals surface area (Å²) in [7, 11) is 0. The maximum absolute atomic E-state index is 3.51. The largest absolute Gasteiger partial charge is 0.322 e. The van der Waals surface area contributed by atoms with E-state index >= 15 is 0 Å². The Morgan fingerprint density at radius 2 is 1.09 bits per heavy atom. The summed E-state index contributed by atoms with van der Waals surface area (Å²) in [5.41, 5.74) is 4.36. The molecule has 2 aromatic rings. The lowest BCUT2D eigenvalue weighted by molar-refractivity contribution is -1.02. The average molecular weight is 375 g/mol. The second-order valence-corrected chi connectivity index (χ2v) is 7.57. The van der Waals surface area contributed by atoms with Crippen LogP contribution in [0.3, 0.4) is 0 Å². The third-order valence-corrected chi connectivity index (χ3v) is 5.45. The molecular formula is C20H27BrN2+2. The Labute approximate surface area is 148 Å². The smallest absolute Gasteiger partial charge is 0.127 e. The first kappa shape index (κ1) is 16.7. The second-order valence-electron chi connectivity index (χ2n) is 6.65. The maximum Gasteiger partial charge on any atom is 0.127 e. The highest BCUT2D eigenvalue weighted by Gasteiger charge is 2.22. The molecule has 3 heteroatoms. The third kappa shape index (κ3) is 4.90. The standard InChI is InChI=1S/C20H25BrN2/c1-2-17-3-5-18(6-4-17)15-22-11-13-23(14-12-22)16-19-7-9-20(21)10-8-19/h3-10H,2,11-16H2,1H3/p+2. The molecule has 0 aromatic heterocycles. The van der Waals surface area contributed by atoms with Gasteiger partial charge in [-0.1, -0.05) is 59.3 Å². The maximum atomic E-state index is 3.51. The van der Waals surface area contributed by atoms with Crippen molar-refractivity contribution in [3.8, 4) is 0 Å². The van der Waals surface area contributed by atoms with Crippen LogP contribution in [0.2, 0.25) is 0 Å². The molecule has 1 saturated heterocycles. The van der Waals surface area contributed by atoms with Gasteiger partial charge in [-0.3, -0.25) is 0 Å². The lowest BCUT2D eigenvalue weighted by Crippen LogP contribution is -3.27. The van der Waals surface area contributed by atoms with Crippen molar-refractivity contribution < 1.29 is 9.80 Å². The van der Waals surface area contributed by atoms with E-state index in [2.05, 4.69) is 71.4 Å². The van der Waals surface area contributed by atoms with E-state index in [0.717, 1.165) is 13.0 Å². The summed E-state index contributed by atoms with van der Waals surface area (Å²) in [6.45, 7) is 9.66. The molecule has 0 radical (unpaired) electrons. The van der Waals surface area contributed by atoms with Crippen molar-refractivity contribution in [3.05, 3.63) is 69.7 Å². The number of hydrogen-bond donors (Lipinski definition) is 2. The molecule has 1 fully saturated rings. The van der Waals surface area contributed by atoms with Gasteiger partial charge >= 0.3 is 0 Å². The highest BCUT2D eigenvalue weighted by Crippen LogP contribution is 2.09. The van der Waals surface area contributed by atoms with Crippen LogP contribution < -0.4 is 9.80 Å². The van der Waals surface area contributed by atoms with Crippen LogP contribution in [-0.2, 0) is 19.5 Å². The summed E-state index contributed by atoms with van der Waals surface area (Å²) >= 11 is 3.51. The Morgan fingerprint density at radius 3 is 1.52 bits per heavy atom. The number of nitrogens with one attached hydrogen (secondary N) is 2. The number of halogens is 1. The van der Waals surface area contributed by atoms with Crippen LogP contribution in [0.15, 0.2) is 53.0 Å². The Morgan fingerprint density at radius 1 is 0.696 bits per heavy atom. The lowest BCUT2D eigenvalue weighted by atomic mass is 10.1. The molecule has 0 aliphatic carbocycles. The van der Waals surface area contributed by atoms with Crippen LogP contribution in [0.1, 0.15) is 23.6 Å². The summed E-state index contributed by atoms with van der Waals surface area (Å²) in [6.07, 6.45) is 1.13. The predicted molar refractivity (Wildman–Crippen MR) is 98.8 cm³/mol. The van der Waals surface area contributed by atoms with E-state index in [-0.39, 0.29) is 0 Å². The van der Waals surface area contributed by atoms with E-state index in [4.69, 9.17) is 0 Å². The normalized spacial score (nSPS) is 21.3. The quantitative estimate of drug-likeness (QED) is 0.784. The van der Waals surface area contributed by atoms with Crippen LogP contribution >= 0.6 is 15.9 Å². The highest BCUT2D eigenvalue weighted by atomic mass is 79.9. The number of piperazine rings is 1. The fourth-order valence-corrected chi connectivity index (χ4v) is 3.65. The van der Waals surface area contributed by atoms with Crippen LogP contribution in [0, 0.1) is 0 Å². The van der Waals surface area contributed by atoms with Crippen molar-refractivity contribution in [1.29, 1.82) is 0 Å². The summed E-state index contributed by atoms with van der Waals surface area (Å²) < 4.78 is 1.17. The zero-order valence-electron chi connectivity index (χ0n) is 13.9. The first-order valence-electron chi connectivity index (χ1n) is 8.72. The average Bonchev–Trinajstić information content (AvgIpc) is 2.59. The zero-order chi connectivity index (χ0) is 16.1. The Bertz CT molecular complexity index is 599. The first-order chi connectivity index (χ1) is 11.2. The van der Waals surface area contributed by atoms with E-state index < -0.39 is 0 Å².